The van der Waals surface area contributed by atoms with Crippen molar-refractivity contribution in [3.63, 3.8) is 0 Å². The Morgan fingerprint density at radius 2 is 2.08 bits per heavy atom. The van der Waals surface area contributed by atoms with Gasteiger partial charge in [-0.15, -0.1) is 0 Å². The highest BCUT2D eigenvalue weighted by Crippen LogP contribution is 2.37. The largest absolute Gasteiger partial charge is 0.349 e. The fourth-order valence-corrected chi connectivity index (χ4v) is 3.65. The molecule has 3 heterocycles. The molecule has 7 heteroatoms. The minimum Gasteiger partial charge on any atom is -0.349 e. The van der Waals surface area contributed by atoms with E-state index in [9.17, 15) is 8.78 Å². The highest BCUT2D eigenvalue weighted by Gasteiger charge is 2.30. The Balaban J connectivity index is 1.77. The fraction of sp³-hybridized carbons (Fsp3) is 0.294. The van der Waals surface area contributed by atoms with Crippen LogP contribution in [-0.2, 0) is 0 Å². The Morgan fingerprint density at radius 3 is 2.92 bits per heavy atom. The van der Waals surface area contributed by atoms with Gasteiger partial charge in [0, 0.05) is 18.3 Å². The minimum atomic E-state index is -0.421. The van der Waals surface area contributed by atoms with Crippen LogP contribution in [0.1, 0.15) is 30.1 Å². The lowest BCUT2D eigenvalue weighted by Gasteiger charge is -2.26. The second-order valence-corrected chi connectivity index (χ2v) is 6.76. The van der Waals surface area contributed by atoms with Crippen LogP contribution in [0.3, 0.4) is 0 Å². The van der Waals surface area contributed by atoms with Gasteiger partial charge in [-0.1, -0.05) is 0 Å². The first-order valence-corrected chi connectivity index (χ1v) is 8.57. The normalized spacial score (nSPS) is 17.8. The third-order valence-electron chi connectivity index (χ3n) is 4.44. The number of rotatable bonds is 2. The Hall–Kier alpha value is -2.02. The molecule has 0 saturated carbocycles. The lowest BCUT2D eigenvalue weighted by atomic mass is 10.0. The molecule has 24 heavy (non-hydrogen) atoms. The summed E-state index contributed by atoms with van der Waals surface area (Å²) in [4.78, 5) is 6.70. The number of anilines is 1. The number of aromatic nitrogens is 3. The molecule has 0 spiro atoms. The molecule has 4 nitrogen and oxygen atoms in total. The number of halogens is 3. The van der Waals surface area contributed by atoms with Crippen LogP contribution in [0.2, 0.25) is 0 Å². The van der Waals surface area contributed by atoms with Crippen molar-refractivity contribution in [3.8, 4) is 0 Å². The highest BCUT2D eigenvalue weighted by molar-refractivity contribution is 9.10. The second kappa shape index (κ2) is 5.81. The maximum absolute atomic E-state index is 14.2. The minimum absolute atomic E-state index is 0.210. The van der Waals surface area contributed by atoms with E-state index < -0.39 is 5.82 Å². The Labute approximate surface area is 146 Å². The summed E-state index contributed by atoms with van der Waals surface area (Å²) < 4.78 is 30.3. The molecule has 1 aliphatic heterocycles. The van der Waals surface area contributed by atoms with E-state index in [1.165, 1.54) is 12.1 Å². The van der Waals surface area contributed by atoms with Gasteiger partial charge in [0.25, 0.3) is 0 Å². The van der Waals surface area contributed by atoms with Gasteiger partial charge in [-0.3, -0.25) is 0 Å². The number of benzene rings is 1. The SMILES string of the molecule is Cc1nn2ccc(N3CCC[C@@H]3c3cc(F)ccc3F)nc2c1Br. The molecule has 0 radical (unpaired) electrons. The molecule has 3 aromatic rings. The van der Waals surface area contributed by atoms with Crippen molar-refractivity contribution in [2.24, 2.45) is 0 Å². The van der Waals surface area contributed by atoms with Gasteiger partial charge >= 0.3 is 0 Å². The zero-order valence-electron chi connectivity index (χ0n) is 13.0. The number of hydrogen-bond donors (Lipinski definition) is 0. The first-order chi connectivity index (χ1) is 11.5. The molecular weight excluding hydrogens is 378 g/mol. The molecule has 1 aliphatic rings. The quantitative estimate of drug-likeness (QED) is 0.647. The van der Waals surface area contributed by atoms with Crippen LogP contribution in [0, 0.1) is 18.6 Å². The molecule has 1 aromatic carbocycles. The van der Waals surface area contributed by atoms with Gasteiger partial charge in [0.2, 0.25) is 0 Å². The summed E-state index contributed by atoms with van der Waals surface area (Å²) in [6.45, 7) is 2.66. The van der Waals surface area contributed by atoms with E-state index in [4.69, 9.17) is 0 Å². The van der Waals surface area contributed by atoms with Crippen LogP contribution in [-0.4, -0.2) is 21.1 Å². The standard InChI is InChI=1S/C17H15BrF2N4/c1-10-16(18)17-21-15(6-8-24(17)22-10)23-7-2-3-14(23)12-9-11(19)4-5-13(12)20/h4-6,8-9,14H,2-3,7H2,1H3/t14-/m1/s1. The third kappa shape index (κ3) is 2.47. The van der Waals surface area contributed by atoms with Crippen molar-refractivity contribution >= 4 is 27.4 Å². The van der Waals surface area contributed by atoms with Gasteiger partial charge in [-0.25, -0.2) is 18.3 Å². The molecule has 0 N–H and O–H groups in total. The lowest BCUT2D eigenvalue weighted by Crippen LogP contribution is -2.24. The number of hydrogen-bond acceptors (Lipinski definition) is 3. The van der Waals surface area contributed by atoms with Crippen LogP contribution in [0.4, 0.5) is 14.6 Å². The fourth-order valence-electron chi connectivity index (χ4n) is 3.30. The van der Waals surface area contributed by atoms with E-state index in [2.05, 4.69) is 26.0 Å². The molecule has 0 unspecified atom stereocenters. The van der Waals surface area contributed by atoms with E-state index >= 15 is 0 Å². The van der Waals surface area contributed by atoms with Crippen molar-refractivity contribution in [1.29, 1.82) is 0 Å². The number of fused-ring (bicyclic) bond motifs is 1. The van der Waals surface area contributed by atoms with Crippen LogP contribution in [0.15, 0.2) is 34.9 Å². The van der Waals surface area contributed by atoms with E-state index in [0.29, 0.717) is 5.56 Å². The molecular formula is C17H15BrF2N4. The summed E-state index contributed by atoms with van der Waals surface area (Å²) in [6.07, 6.45) is 3.52. The summed E-state index contributed by atoms with van der Waals surface area (Å²) in [6, 6.07) is 5.28. The van der Waals surface area contributed by atoms with Crippen LogP contribution in [0.5, 0.6) is 0 Å². The summed E-state index contributed by atoms with van der Waals surface area (Å²) >= 11 is 3.50. The third-order valence-corrected chi connectivity index (χ3v) is 5.37. The summed E-state index contributed by atoms with van der Waals surface area (Å²) in [5.41, 5.74) is 1.96. The molecule has 1 fully saturated rings. The summed E-state index contributed by atoms with van der Waals surface area (Å²) in [5, 5.41) is 4.36. The molecule has 2 aromatic heterocycles. The smallest absolute Gasteiger partial charge is 0.171 e. The maximum atomic E-state index is 14.2. The Bertz CT molecular complexity index is 924. The molecule has 124 valence electrons. The molecule has 0 bridgehead atoms. The van der Waals surface area contributed by atoms with Gasteiger partial charge in [-0.2, -0.15) is 5.10 Å². The summed E-state index contributed by atoms with van der Waals surface area (Å²) in [5.74, 6) is -0.0548. The van der Waals surface area contributed by atoms with Gasteiger partial charge in [-0.05, 0) is 60.0 Å². The van der Waals surface area contributed by atoms with Crippen molar-refractivity contribution < 1.29 is 8.78 Å². The lowest BCUT2D eigenvalue weighted by molar-refractivity contribution is 0.560. The van der Waals surface area contributed by atoms with E-state index in [1.807, 2.05) is 24.1 Å². The van der Waals surface area contributed by atoms with Crippen molar-refractivity contribution in [3.05, 3.63) is 57.8 Å². The van der Waals surface area contributed by atoms with Crippen LogP contribution >= 0.6 is 15.9 Å². The Kier molecular flexibility index (Phi) is 3.75. The first kappa shape index (κ1) is 15.5. The predicted molar refractivity (Wildman–Crippen MR) is 91.1 cm³/mol. The average Bonchev–Trinajstić information content (AvgIpc) is 3.15. The number of nitrogens with zero attached hydrogens (tertiary/aromatic N) is 4. The first-order valence-electron chi connectivity index (χ1n) is 7.77. The highest BCUT2D eigenvalue weighted by atomic mass is 79.9. The maximum Gasteiger partial charge on any atom is 0.171 e. The van der Waals surface area contributed by atoms with Crippen molar-refractivity contribution in [2.75, 3.05) is 11.4 Å². The molecule has 0 amide bonds. The van der Waals surface area contributed by atoms with Gasteiger partial charge < -0.3 is 4.90 Å². The zero-order valence-corrected chi connectivity index (χ0v) is 14.6. The molecule has 1 saturated heterocycles. The molecule has 4 rings (SSSR count). The monoisotopic (exact) mass is 392 g/mol. The van der Waals surface area contributed by atoms with Crippen LogP contribution < -0.4 is 4.90 Å². The van der Waals surface area contributed by atoms with Gasteiger partial charge in [0.05, 0.1) is 16.2 Å². The topological polar surface area (TPSA) is 33.4 Å². The molecule has 0 aliphatic carbocycles. The van der Waals surface area contributed by atoms with E-state index in [-0.39, 0.29) is 11.9 Å². The number of aryl methyl sites for hydroxylation is 1. The van der Waals surface area contributed by atoms with Crippen LogP contribution in [0.25, 0.3) is 5.65 Å². The molecule has 1 atom stereocenters. The zero-order chi connectivity index (χ0) is 16.8. The average molecular weight is 393 g/mol. The predicted octanol–water partition coefficient (Wildman–Crippen LogP) is 4.42. The second-order valence-electron chi connectivity index (χ2n) is 5.97. The van der Waals surface area contributed by atoms with Crippen molar-refractivity contribution in [2.45, 2.75) is 25.8 Å². The van der Waals surface area contributed by atoms with E-state index in [0.717, 1.165) is 47.1 Å². The van der Waals surface area contributed by atoms with E-state index in [1.54, 1.807) is 4.52 Å². The van der Waals surface area contributed by atoms with Gasteiger partial charge in [0.1, 0.15) is 17.5 Å². The Morgan fingerprint density at radius 1 is 1.25 bits per heavy atom. The van der Waals surface area contributed by atoms with Gasteiger partial charge in [0.15, 0.2) is 5.65 Å². The summed E-state index contributed by atoms with van der Waals surface area (Å²) in [7, 11) is 0. The van der Waals surface area contributed by atoms with Crippen molar-refractivity contribution in [1.82, 2.24) is 14.6 Å².